The lowest BCUT2D eigenvalue weighted by atomic mass is 10.1. The molecule has 32 heavy (non-hydrogen) atoms. The Morgan fingerprint density at radius 2 is 1.81 bits per heavy atom. The fourth-order valence-corrected chi connectivity index (χ4v) is 3.96. The number of piperazine rings is 1. The highest BCUT2D eigenvalue weighted by Gasteiger charge is 2.23. The van der Waals surface area contributed by atoms with Crippen molar-refractivity contribution in [2.45, 2.75) is 20.4 Å². The highest BCUT2D eigenvalue weighted by molar-refractivity contribution is 5.96. The molecule has 7 heteroatoms. The molecule has 0 bridgehead atoms. The molecule has 0 N–H and O–H groups in total. The summed E-state index contributed by atoms with van der Waals surface area (Å²) in [6, 6.07) is 14.3. The van der Waals surface area contributed by atoms with E-state index in [0.717, 1.165) is 19.6 Å². The molecule has 166 valence electrons. The van der Waals surface area contributed by atoms with Gasteiger partial charge in [-0.1, -0.05) is 29.8 Å². The molecule has 2 heterocycles. The molecule has 6 nitrogen and oxygen atoms in total. The predicted octanol–water partition coefficient (Wildman–Crippen LogP) is 3.49. The number of rotatable bonds is 5. The maximum absolute atomic E-state index is 13.4. The first kappa shape index (κ1) is 21.9. The Balaban J connectivity index is 1.29. The van der Waals surface area contributed by atoms with Crippen LogP contribution in [0.15, 0.2) is 48.5 Å². The van der Waals surface area contributed by atoms with Gasteiger partial charge in [0.15, 0.2) is 6.61 Å². The van der Waals surface area contributed by atoms with Crippen molar-refractivity contribution in [3.05, 3.63) is 76.7 Å². The van der Waals surface area contributed by atoms with E-state index in [0.29, 0.717) is 29.7 Å². The number of ether oxygens (including phenoxy) is 1. The molecule has 3 aromatic rings. The second-order valence-corrected chi connectivity index (χ2v) is 8.18. The van der Waals surface area contributed by atoms with E-state index in [4.69, 9.17) is 4.74 Å². The molecule has 0 saturated carbocycles. The number of benzene rings is 2. The van der Waals surface area contributed by atoms with Gasteiger partial charge in [-0.3, -0.25) is 14.7 Å². The number of esters is 1. The summed E-state index contributed by atoms with van der Waals surface area (Å²) >= 11 is 0. The van der Waals surface area contributed by atoms with Crippen LogP contribution in [0.3, 0.4) is 0 Å². The molecule has 1 amide bonds. The molecule has 4 rings (SSSR count). The third-order valence-electron chi connectivity index (χ3n) is 5.73. The van der Waals surface area contributed by atoms with Gasteiger partial charge in [0.1, 0.15) is 5.82 Å². The summed E-state index contributed by atoms with van der Waals surface area (Å²) in [7, 11) is 0. The van der Waals surface area contributed by atoms with Crippen LogP contribution in [0.2, 0.25) is 0 Å². The average molecular weight is 435 g/mol. The number of nitrogens with zero attached hydrogens (tertiary/aromatic N) is 3. The Morgan fingerprint density at radius 3 is 2.56 bits per heavy atom. The van der Waals surface area contributed by atoms with Crippen molar-refractivity contribution >= 4 is 22.8 Å². The number of amides is 1. The first-order valence-corrected chi connectivity index (χ1v) is 10.7. The maximum Gasteiger partial charge on any atom is 0.340 e. The standard InChI is InChI=1S/C25H26FN3O3/c1-17-4-3-5-19(12-17)15-28-8-10-29(11-9-28)24(30)16-32-25(31)22-13-20-6-7-21(26)14-23(20)27-18(22)2/h3-7,12-14H,8-11,15-16H2,1-2H3. The molecule has 2 aromatic carbocycles. The number of hydrogen-bond donors (Lipinski definition) is 0. The molecular weight excluding hydrogens is 409 g/mol. The summed E-state index contributed by atoms with van der Waals surface area (Å²) in [5, 5.41) is 0.639. The zero-order chi connectivity index (χ0) is 22.7. The molecule has 0 atom stereocenters. The monoisotopic (exact) mass is 435 g/mol. The minimum Gasteiger partial charge on any atom is -0.452 e. The Bertz CT molecular complexity index is 1160. The van der Waals surface area contributed by atoms with Crippen LogP contribution in [0, 0.1) is 19.7 Å². The van der Waals surface area contributed by atoms with Crippen molar-refractivity contribution in [3.63, 3.8) is 0 Å². The number of aromatic nitrogens is 1. The summed E-state index contributed by atoms with van der Waals surface area (Å²) in [5.74, 6) is -1.20. The molecule has 0 radical (unpaired) electrons. The van der Waals surface area contributed by atoms with Crippen LogP contribution in [0.1, 0.15) is 27.2 Å². The van der Waals surface area contributed by atoms with Crippen LogP contribution in [0.25, 0.3) is 10.9 Å². The normalized spacial score (nSPS) is 14.5. The van der Waals surface area contributed by atoms with Crippen molar-refractivity contribution in [1.82, 2.24) is 14.8 Å². The third-order valence-corrected chi connectivity index (χ3v) is 5.73. The van der Waals surface area contributed by atoms with Gasteiger partial charge in [0, 0.05) is 44.2 Å². The Morgan fingerprint density at radius 1 is 1.03 bits per heavy atom. The fourth-order valence-electron chi connectivity index (χ4n) is 3.96. The number of aryl methyl sites for hydroxylation is 2. The number of carbonyl (C=O) groups is 2. The smallest absolute Gasteiger partial charge is 0.340 e. The van der Waals surface area contributed by atoms with Crippen LogP contribution in [-0.2, 0) is 16.1 Å². The first-order valence-electron chi connectivity index (χ1n) is 10.7. The lowest BCUT2D eigenvalue weighted by molar-refractivity contribution is -0.136. The Kier molecular flexibility index (Phi) is 6.46. The Labute approximate surface area is 186 Å². The Hall–Kier alpha value is -3.32. The summed E-state index contributed by atoms with van der Waals surface area (Å²) in [6.07, 6.45) is 0. The van der Waals surface area contributed by atoms with E-state index in [-0.39, 0.29) is 23.9 Å². The molecule has 1 aliphatic rings. The van der Waals surface area contributed by atoms with Gasteiger partial charge in [-0.05, 0) is 37.6 Å². The second-order valence-electron chi connectivity index (χ2n) is 8.18. The molecule has 1 aromatic heterocycles. The molecule has 1 fully saturated rings. The minimum atomic E-state index is -0.604. The van der Waals surface area contributed by atoms with Crippen LogP contribution < -0.4 is 0 Å². The summed E-state index contributed by atoms with van der Waals surface area (Å²) < 4.78 is 18.7. The third kappa shape index (κ3) is 5.11. The minimum absolute atomic E-state index is 0.206. The number of hydrogen-bond acceptors (Lipinski definition) is 5. The zero-order valence-corrected chi connectivity index (χ0v) is 18.3. The second kappa shape index (κ2) is 9.44. The van der Waals surface area contributed by atoms with Crippen molar-refractivity contribution in [2.24, 2.45) is 0 Å². The van der Waals surface area contributed by atoms with Gasteiger partial charge in [0.2, 0.25) is 0 Å². The van der Waals surface area contributed by atoms with E-state index in [1.54, 1.807) is 24.0 Å². The summed E-state index contributed by atoms with van der Waals surface area (Å²) in [4.78, 5) is 33.4. The van der Waals surface area contributed by atoms with Crippen molar-refractivity contribution in [2.75, 3.05) is 32.8 Å². The SMILES string of the molecule is Cc1cccc(CN2CCN(C(=O)COC(=O)c3cc4ccc(F)cc4nc3C)CC2)c1. The van der Waals surface area contributed by atoms with Gasteiger partial charge in [-0.15, -0.1) is 0 Å². The summed E-state index contributed by atoms with van der Waals surface area (Å²) in [5.41, 5.74) is 3.69. The predicted molar refractivity (Wildman–Crippen MR) is 120 cm³/mol. The number of fused-ring (bicyclic) bond motifs is 1. The molecule has 0 unspecified atom stereocenters. The van der Waals surface area contributed by atoms with Gasteiger partial charge in [-0.25, -0.2) is 9.18 Å². The van der Waals surface area contributed by atoms with E-state index in [1.807, 2.05) is 0 Å². The van der Waals surface area contributed by atoms with Crippen LogP contribution >= 0.6 is 0 Å². The number of carbonyl (C=O) groups excluding carboxylic acids is 2. The van der Waals surface area contributed by atoms with Gasteiger partial charge in [-0.2, -0.15) is 0 Å². The fraction of sp³-hybridized carbons (Fsp3) is 0.320. The topological polar surface area (TPSA) is 62.7 Å². The number of halogens is 1. The first-order chi connectivity index (χ1) is 15.4. The lowest BCUT2D eigenvalue weighted by Gasteiger charge is -2.34. The van der Waals surface area contributed by atoms with Gasteiger partial charge in [0.25, 0.3) is 5.91 Å². The molecule has 0 spiro atoms. The summed E-state index contributed by atoms with van der Waals surface area (Å²) in [6.45, 7) is 7.05. The maximum atomic E-state index is 13.4. The molecule has 1 aliphatic heterocycles. The van der Waals surface area contributed by atoms with Crippen molar-refractivity contribution in [3.8, 4) is 0 Å². The molecule has 0 aliphatic carbocycles. The number of pyridine rings is 1. The lowest BCUT2D eigenvalue weighted by Crippen LogP contribution is -2.49. The van der Waals surface area contributed by atoms with E-state index in [1.165, 1.54) is 23.3 Å². The van der Waals surface area contributed by atoms with Gasteiger partial charge >= 0.3 is 5.97 Å². The van der Waals surface area contributed by atoms with Crippen LogP contribution in [-0.4, -0.2) is 59.4 Å². The van der Waals surface area contributed by atoms with E-state index in [9.17, 15) is 14.0 Å². The quantitative estimate of drug-likeness (QED) is 0.574. The van der Waals surface area contributed by atoms with E-state index >= 15 is 0 Å². The van der Waals surface area contributed by atoms with E-state index in [2.05, 4.69) is 41.1 Å². The van der Waals surface area contributed by atoms with Crippen molar-refractivity contribution < 1.29 is 18.7 Å². The molecule has 1 saturated heterocycles. The van der Waals surface area contributed by atoms with Gasteiger partial charge in [0.05, 0.1) is 16.8 Å². The van der Waals surface area contributed by atoms with E-state index < -0.39 is 5.97 Å². The van der Waals surface area contributed by atoms with Crippen molar-refractivity contribution in [1.29, 1.82) is 0 Å². The van der Waals surface area contributed by atoms with Crippen LogP contribution in [0.4, 0.5) is 4.39 Å². The zero-order valence-electron chi connectivity index (χ0n) is 18.3. The van der Waals surface area contributed by atoms with Gasteiger partial charge < -0.3 is 9.64 Å². The molecular formula is C25H26FN3O3. The van der Waals surface area contributed by atoms with Crippen LogP contribution in [0.5, 0.6) is 0 Å². The average Bonchev–Trinajstić information content (AvgIpc) is 2.77. The largest absolute Gasteiger partial charge is 0.452 e. The highest BCUT2D eigenvalue weighted by Crippen LogP contribution is 2.18. The highest BCUT2D eigenvalue weighted by atomic mass is 19.1.